The number of carbonyl (C=O) groups is 1. The first-order valence-electron chi connectivity index (χ1n) is 5.38. The SMILES string of the molecule is Cc1cnc(Sc2nc(C)c(C(=O)O)s2)cc1[N+](=O)[O-]. The molecule has 2 aromatic heterocycles. The number of thiazole rings is 1. The zero-order chi connectivity index (χ0) is 14.9. The zero-order valence-electron chi connectivity index (χ0n) is 10.5. The van der Waals surface area contributed by atoms with Crippen molar-refractivity contribution in [1.82, 2.24) is 9.97 Å². The fraction of sp³-hybridized carbons (Fsp3) is 0.182. The summed E-state index contributed by atoms with van der Waals surface area (Å²) in [7, 11) is 0. The molecule has 9 heteroatoms. The minimum Gasteiger partial charge on any atom is -0.477 e. The van der Waals surface area contributed by atoms with Crippen LogP contribution in [0, 0.1) is 24.0 Å². The lowest BCUT2D eigenvalue weighted by molar-refractivity contribution is -0.385. The molecule has 2 rings (SSSR count). The number of nitrogens with zero attached hydrogens (tertiary/aromatic N) is 3. The molecule has 0 saturated carbocycles. The van der Waals surface area contributed by atoms with Gasteiger partial charge in [-0.3, -0.25) is 10.1 Å². The van der Waals surface area contributed by atoms with Crippen molar-refractivity contribution < 1.29 is 14.8 Å². The van der Waals surface area contributed by atoms with Crippen molar-refractivity contribution in [2.75, 3.05) is 0 Å². The van der Waals surface area contributed by atoms with Crippen molar-refractivity contribution in [1.29, 1.82) is 0 Å². The molecular formula is C11H9N3O4S2. The summed E-state index contributed by atoms with van der Waals surface area (Å²) in [4.78, 5) is 29.7. The Balaban J connectivity index is 2.31. The molecule has 0 unspecified atom stereocenters. The summed E-state index contributed by atoms with van der Waals surface area (Å²) in [5.41, 5.74) is 0.877. The van der Waals surface area contributed by atoms with E-state index in [0.717, 1.165) is 23.1 Å². The smallest absolute Gasteiger partial charge is 0.347 e. The lowest BCUT2D eigenvalue weighted by Gasteiger charge is -1.99. The quantitative estimate of drug-likeness (QED) is 0.683. The van der Waals surface area contributed by atoms with Gasteiger partial charge in [0.15, 0.2) is 4.34 Å². The number of hydrogen-bond donors (Lipinski definition) is 1. The van der Waals surface area contributed by atoms with Gasteiger partial charge in [-0.05, 0) is 25.6 Å². The molecule has 0 aliphatic heterocycles. The molecule has 0 aliphatic carbocycles. The highest BCUT2D eigenvalue weighted by Gasteiger charge is 2.17. The van der Waals surface area contributed by atoms with Gasteiger partial charge in [0.25, 0.3) is 5.69 Å². The molecule has 7 nitrogen and oxygen atoms in total. The van der Waals surface area contributed by atoms with Crippen LogP contribution in [0.5, 0.6) is 0 Å². The molecule has 0 saturated heterocycles. The Hall–Kier alpha value is -2.00. The number of carboxylic acids is 1. The van der Waals surface area contributed by atoms with Crippen LogP contribution in [0.25, 0.3) is 0 Å². The Labute approximate surface area is 121 Å². The van der Waals surface area contributed by atoms with Crippen LogP contribution in [-0.4, -0.2) is 26.0 Å². The van der Waals surface area contributed by atoms with Gasteiger partial charge in [0, 0.05) is 17.8 Å². The lowest BCUT2D eigenvalue weighted by Crippen LogP contribution is -1.94. The molecule has 0 atom stereocenters. The summed E-state index contributed by atoms with van der Waals surface area (Å²) in [6, 6.07) is 1.36. The highest BCUT2D eigenvalue weighted by atomic mass is 32.2. The highest BCUT2D eigenvalue weighted by Crippen LogP contribution is 2.33. The summed E-state index contributed by atoms with van der Waals surface area (Å²) in [6.45, 7) is 3.21. The Bertz CT molecular complexity index is 699. The maximum Gasteiger partial charge on any atom is 0.347 e. The van der Waals surface area contributed by atoms with Gasteiger partial charge in [-0.2, -0.15) is 0 Å². The van der Waals surface area contributed by atoms with E-state index >= 15 is 0 Å². The van der Waals surface area contributed by atoms with Gasteiger partial charge in [0.1, 0.15) is 9.90 Å². The van der Waals surface area contributed by atoms with Gasteiger partial charge in [-0.25, -0.2) is 14.8 Å². The van der Waals surface area contributed by atoms with Gasteiger partial charge >= 0.3 is 5.97 Å². The minimum atomic E-state index is -1.03. The molecule has 2 heterocycles. The molecule has 20 heavy (non-hydrogen) atoms. The van der Waals surface area contributed by atoms with Crippen LogP contribution in [0.15, 0.2) is 21.6 Å². The summed E-state index contributed by atoms with van der Waals surface area (Å²) in [6.07, 6.45) is 1.42. The molecule has 0 aromatic carbocycles. The lowest BCUT2D eigenvalue weighted by atomic mass is 10.3. The molecule has 0 spiro atoms. The first-order valence-corrected chi connectivity index (χ1v) is 7.01. The molecule has 2 aromatic rings. The average Bonchev–Trinajstić information content (AvgIpc) is 2.72. The second-order valence-electron chi connectivity index (χ2n) is 3.87. The van der Waals surface area contributed by atoms with E-state index in [-0.39, 0.29) is 10.6 Å². The van der Waals surface area contributed by atoms with E-state index in [1.165, 1.54) is 12.3 Å². The molecule has 1 N–H and O–H groups in total. The number of pyridine rings is 1. The van der Waals surface area contributed by atoms with Crippen molar-refractivity contribution in [3.63, 3.8) is 0 Å². The highest BCUT2D eigenvalue weighted by molar-refractivity contribution is 8.01. The van der Waals surface area contributed by atoms with Crippen molar-refractivity contribution in [2.24, 2.45) is 0 Å². The monoisotopic (exact) mass is 311 g/mol. The van der Waals surface area contributed by atoms with Gasteiger partial charge in [-0.1, -0.05) is 11.3 Å². The Morgan fingerprint density at radius 1 is 1.50 bits per heavy atom. The molecule has 0 fully saturated rings. The predicted molar refractivity (Wildman–Crippen MR) is 73.6 cm³/mol. The first-order chi connectivity index (χ1) is 9.38. The van der Waals surface area contributed by atoms with E-state index in [0.29, 0.717) is 20.6 Å². The fourth-order valence-electron chi connectivity index (χ4n) is 1.45. The van der Waals surface area contributed by atoms with Crippen molar-refractivity contribution >= 4 is 34.8 Å². The van der Waals surface area contributed by atoms with E-state index in [4.69, 9.17) is 5.11 Å². The van der Waals surface area contributed by atoms with Gasteiger partial charge in [0.05, 0.1) is 10.6 Å². The zero-order valence-corrected chi connectivity index (χ0v) is 12.1. The second kappa shape index (κ2) is 5.55. The van der Waals surface area contributed by atoms with Gasteiger partial charge in [-0.15, -0.1) is 0 Å². The number of rotatable bonds is 4. The van der Waals surface area contributed by atoms with Crippen LogP contribution >= 0.6 is 23.1 Å². The molecule has 0 bridgehead atoms. The molecule has 0 radical (unpaired) electrons. The third-order valence-corrected chi connectivity index (χ3v) is 4.55. The van der Waals surface area contributed by atoms with Crippen LogP contribution in [0.4, 0.5) is 5.69 Å². The Kier molecular flexibility index (Phi) is 4.00. The number of aromatic nitrogens is 2. The third-order valence-electron chi connectivity index (χ3n) is 2.41. The van der Waals surface area contributed by atoms with Crippen LogP contribution in [0.1, 0.15) is 20.9 Å². The number of aromatic carboxylic acids is 1. The largest absolute Gasteiger partial charge is 0.477 e. The normalized spacial score (nSPS) is 10.5. The minimum absolute atomic E-state index is 0.0192. The van der Waals surface area contributed by atoms with E-state index < -0.39 is 10.9 Å². The van der Waals surface area contributed by atoms with E-state index in [1.807, 2.05) is 0 Å². The summed E-state index contributed by atoms with van der Waals surface area (Å²) < 4.78 is 0.491. The van der Waals surface area contributed by atoms with Crippen LogP contribution < -0.4 is 0 Å². The van der Waals surface area contributed by atoms with E-state index in [2.05, 4.69) is 9.97 Å². The van der Waals surface area contributed by atoms with Crippen LogP contribution in [0.2, 0.25) is 0 Å². The fourth-order valence-corrected chi connectivity index (χ4v) is 3.40. The van der Waals surface area contributed by atoms with Crippen molar-refractivity contribution in [3.05, 3.63) is 38.5 Å². The number of aryl methyl sites for hydroxylation is 2. The van der Waals surface area contributed by atoms with E-state index in [9.17, 15) is 14.9 Å². The Morgan fingerprint density at radius 3 is 2.75 bits per heavy atom. The number of hydrogen-bond acceptors (Lipinski definition) is 7. The summed E-state index contributed by atoms with van der Waals surface area (Å²) in [5.74, 6) is -1.03. The van der Waals surface area contributed by atoms with Gasteiger partial charge in [0.2, 0.25) is 0 Å². The summed E-state index contributed by atoms with van der Waals surface area (Å²) in [5, 5.41) is 20.2. The molecule has 0 amide bonds. The summed E-state index contributed by atoms with van der Waals surface area (Å²) >= 11 is 2.13. The molecule has 0 aliphatic rings. The number of carboxylic acid groups (broad SMARTS) is 1. The predicted octanol–water partition coefficient (Wildman–Crippen LogP) is 2.91. The maximum atomic E-state index is 10.9. The molecule has 104 valence electrons. The third kappa shape index (κ3) is 2.94. The van der Waals surface area contributed by atoms with Gasteiger partial charge < -0.3 is 5.11 Å². The standard InChI is InChI=1S/C11H9N3O4S2/c1-5-4-12-8(3-7(5)14(17)18)19-11-13-6(2)9(20-11)10(15)16/h3-4H,1-2H3,(H,15,16). The first kappa shape index (κ1) is 14.4. The maximum absolute atomic E-state index is 10.9. The number of nitro groups is 1. The van der Waals surface area contributed by atoms with Crippen LogP contribution in [-0.2, 0) is 0 Å². The second-order valence-corrected chi connectivity index (χ2v) is 6.13. The Morgan fingerprint density at radius 2 is 2.20 bits per heavy atom. The average molecular weight is 311 g/mol. The topological polar surface area (TPSA) is 106 Å². The van der Waals surface area contributed by atoms with Crippen LogP contribution in [0.3, 0.4) is 0 Å². The molecular weight excluding hydrogens is 302 g/mol. The van der Waals surface area contributed by atoms with E-state index in [1.54, 1.807) is 13.8 Å². The van der Waals surface area contributed by atoms with Crippen molar-refractivity contribution in [2.45, 2.75) is 23.2 Å². The van der Waals surface area contributed by atoms with Crippen molar-refractivity contribution in [3.8, 4) is 0 Å².